The predicted octanol–water partition coefficient (Wildman–Crippen LogP) is 2.80. The third-order valence-electron chi connectivity index (χ3n) is 2.89. The molecule has 0 heterocycles. The van der Waals surface area contributed by atoms with Gasteiger partial charge in [0.25, 0.3) is 0 Å². The van der Waals surface area contributed by atoms with Gasteiger partial charge in [0, 0.05) is 19.7 Å². The zero-order valence-electron chi connectivity index (χ0n) is 10.6. The summed E-state index contributed by atoms with van der Waals surface area (Å²) >= 11 is 0. The third-order valence-corrected chi connectivity index (χ3v) is 2.89. The minimum absolute atomic E-state index is 0.419. The highest BCUT2D eigenvalue weighted by molar-refractivity contribution is 5.19. The van der Waals surface area contributed by atoms with Crippen LogP contribution in [0.1, 0.15) is 31.7 Å². The van der Waals surface area contributed by atoms with Crippen LogP contribution in [0.25, 0.3) is 0 Å². The van der Waals surface area contributed by atoms with Crippen LogP contribution in [-0.4, -0.2) is 26.3 Å². The summed E-state index contributed by atoms with van der Waals surface area (Å²) in [6.45, 7) is 6.18. The Kier molecular flexibility index (Phi) is 6.12. The van der Waals surface area contributed by atoms with Crippen LogP contribution in [0.15, 0.2) is 30.3 Å². The predicted molar refractivity (Wildman–Crippen MR) is 68.8 cm³/mol. The highest BCUT2D eigenvalue weighted by Crippen LogP contribution is 2.17. The Labute approximate surface area is 99.0 Å². The fraction of sp³-hybridized carbons (Fsp3) is 0.571. The zero-order valence-corrected chi connectivity index (χ0v) is 10.6. The summed E-state index contributed by atoms with van der Waals surface area (Å²) in [5.41, 5.74) is 1.42. The van der Waals surface area contributed by atoms with E-state index in [-0.39, 0.29) is 0 Å². The molecule has 0 radical (unpaired) electrons. The van der Waals surface area contributed by atoms with Gasteiger partial charge in [-0.05, 0) is 24.8 Å². The minimum atomic E-state index is 0.419. The van der Waals surface area contributed by atoms with Gasteiger partial charge in [0.05, 0.1) is 6.61 Å². The molecule has 1 aromatic carbocycles. The largest absolute Gasteiger partial charge is 0.383 e. The number of nitrogens with one attached hydrogen (secondary N) is 1. The van der Waals surface area contributed by atoms with Crippen molar-refractivity contribution in [3.05, 3.63) is 35.9 Å². The topological polar surface area (TPSA) is 21.3 Å². The Morgan fingerprint density at radius 1 is 1.25 bits per heavy atom. The highest BCUT2D eigenvalue weighted by Gasteiger charge is 2.10. The molecule has 0 aliphatic heterocycles. The van der Waals surface area contributed by atoms with E-state index in [1.807, 2.05) is 0 Å². The van der Waals surface area contributed by atoms with Crippen LogP contribution in [0.4, 0.5) is 0 Å². The molecule has 1 N–H and O–H groups in total. The van der Waals surface area contributed by atoms with Gasteiger partial charge in [-0.15, -0.1) is 0 Å². The van der Waals surface area contributed by atoms with Crippen LogP contribution < -0.4 is 5.32 Å². The molecule has 0 aliphatic rings. The fourth-order valence-electron chi connectivity index (χ4n) is 1.88. The molecular weight excluding hydrogens is 198 g/mol. The van der Waals surface area contributed by atoms with E-state index in [4.69, 9.17) is 4.74 Å². The standard InChI is InChI=1S/C14H23NO/c1-4-13(10-15-12(2)11-16-3)14-8-6-5-7-9-14/h5-9,12-13,15H,4,10-11H2,1-3H3. The maximum atomic E-state index is 5.11. The number of methoxy groups -OCH3 is 1. The van der Waals surface area contributed by atoms with E-state index in [1.165, 1.54) is 5.56 Å². The Morgan fingerprint density at radius 3 is 2.50 bits per heavy atom. The molecule has 0 saturated carbocycles. The molecule has 16 heavy (non-hydrogen) atoms. The molecular formula is C14H23NO. The maximum Gasteiger partial charge on any atom is 0.0613 e. The van der Waals surface area contributed by atoms with Crippen LogP contribution in [0, 0.1) is 0 Å². The molecule has 0 fully saturated rings. The van der Waals surface area contributed by atoms with Crippen molar-refractivity contribution in [3.8, 4) is 0 Å². The van der Waals surface area contributed by atoms with Gasteiger partial charge >= 0.3 is 0 Å². The lowest BCUT2D eigenvalue weighted by atomic mass is 9.96. The third kappa shape index (κ3) is 4.33. The summed E-state index contributed by atoms with van der Waals surface area (Å²) in [7, 11) is 1.74. The van der Waals surface area contributed by atoms with Crippen molar-refractivity contribution in [2.24, 2.45) is 0 Å². The zero-order chi connectivity index (χ0) is 11.8. The first-order valence-corrected chi connectivity index (χ1v) is 6.05. The Bertz CT molecular complexity index is 273. The van der Waals surface area contributed by atoms with Crippen molar-refractivity contribution in [2.45, 2.75) is 32.2 Å². The van der Waals surface area contributed by atoms with Gasteiger partial charge in [0.15, 0.2) is 0 Å². The lowest BCUT2D eigenvalue weighted by Crippen LogP contribution is -2.33. The van der Waals surface area contributed by atoms with Crippen LogP contribution in [-0.2, 0) is 4.74 Å². The lowest BCUT2D eigenvalue weighted by Gasteiger charge is -2.19. The molecule has 2 nitrogen and oxygen atoms in total. The number of hydrogen-bond donors (Lipinski definition) is 1. The molecule has 2 unspecified atom stereocenters. The van der Waals surface area contributed by atoms with Crippen LogP contribution >= 0.6 is 0 Å². The molecule has 0 bridgehead atoms. The average molecular weight is 221 g/mol. The van der Waals surface area contributed by atoms with Gasteiger partial charge in [0.1, 0.15) is 0 Å². The quantitative estimate of drug-likeness (QED) is 0.764. The van der Waals surface area contributed by atoms with Gasteiger partial charge in [-0.2, -0.15) is 0 Å². The number of hydrogen-bond acceptors (Lipinski definition) is 2. The minimum Gasteiger partial charge on any atom is -0.383 e. The maximum absolute atomic E-state index is 5.11. The van der Waals surface area contributed by atoms with Gasteiger partial charge < -0.3 is 10.1 Å². The molecule has 0 aromatic heterocycles. The second-order valence-corrected chi connectivity index (χ2v) is 4.28. The van der Waals surface area contributed by atoms with Crippen molar-refractivity contribution in [1.29, 1.82) is 0 Å². The molecule has 2 heteroatoms. The molecule has 0 amide bonds. The van der Waals surface area contributed by atoms with Crippen LogP contribution in [0.3, 0.4) is 0 Å². The normalized spacial score (nSPS) is 14.7. The van der Waals surface area contributed by atoms with Crippen molar-refractivity contribution in [3.63, 3.8) is 0 Å². The molecule has 2 atom stereocenters. The molecule has 90 valence electrons. The fourth-order valence-corrected chi connectivity index (χ4v) is 1.88. The molecule has 1 aromatic rings. The molecule has 0 spiro atoms. The lowest BCUT2D eigenvalue weighted by molar-refractivity contribution is 0.171. The monoisotopic (exact) mass is 221 g/mol. The summed E-state index contributed by atoms with van der Waals surface area (Å²) in [5, 5.41) is 3.51. The van der Waals surface area contributed by atoms with E-state index in [0.29, 0.717) is 12.0 Å². The molecule has 0 aliphatic carbocycles. The highest BCUT2D eigenvalue weighted by atomic mass is 16.5. The van der Waals surface area contributed by atoms with E-state index in [0.717, 1.165) is 19.6 Å². The average Bonchev–Trinajstić information content (AvgIpc) is 2.31. The number of rotatable bonds is 7. The van der Waals surface area contributed by atoms with Gasteiger partial charge in [0.2, 0.25) is 0 Å². The number of ether oxygens (including phenoxy) is 1. The Balaban J connectivity index is 2.44. The van der Waals surface area contributed by atoms with E-state index in [2.05, 4.69) is 49.5 Å². The summed E-state index contributed by atoms with van der Waals surface area (Å²) in [6, 6.07) is 11.1. The van der Waals surface area contributed by atoms with Crippen LogP contribution in [0.2, 0.25) is 0 Å². The second kappa shape index (κ2) is 7.42. The van der Waals surface area contributed by atoms with Crippen molar-refractivity contribution in [1.82, 2.24) is 5.32 Å². The van der Waals surface area contributed by atoms with Crippen molar-refractivity contribution >= 4 is 0 Å². The SMILES string of the molecule is CCC(CNC(C)COC)c1ccccc1. The first-order valence-electron chi connectivity index (χ1n) is 6.05. The smallest absolute Gasteiger partial charge is 0.0613 e. The first-order chi connectivity index (χ1) is 7.77. The van der Waals surface area contributed by atoms with Crippen molar-refractivity contribution in [2.75, 3.05) is 20.3 Å². The summed E-state index contributed by atoms with van der Waals surface area (Å²) in [4.78, 5) is 0. The Hall–Kier alpha value is -0.860. The second-order valence-electron chi connectivity index (χ2n) is 4.28. The van der Waals surface area contributed by atoms with E-state index >= 15 is 0 Å². The summed E-state index contributed by atoms with van der Waals surface area (Å²) in [5.74, 6) is 0.598. The Morgan fingerprint density at radius 2 is 1.94 bits per heavy atom. The van der Waals surface area contributed by atoms with Gasteiger partial charge in [-0.3, -0.25) is 0 Å². The first kappa shape index (κ1) is 13.2. The molecule has 1 rings (SSSR count). The van der Waals surface area contributed by atoms with E-state index < -0.39 is 0 Å². The van der Waals surface area contributed by atoms with Gasteiger partial charge in [-0.25, -0.2) is 0 Å². The van der Waals surface area contributed by atoms with E-state index in [9.17, 15) is 0 Å². The van der Waals surface area contributed by atoms with E-state index in [1.54, 1.807) is 7.11 Å². The van der Waals surface area contributed by atoms with Gasteiger partial charge in [-0.1, -0.05) is 37.3 Å². The van der Waals surface area contributed by atoms with Crippen LogP contribution in [0.5, 0.6) is 0 Å². The summed E-state index contributed by atoms with van der Waals surface area (Å²) < 4.78 is 5.11. The summed E-state index contributed by atoms with van der Waals surface area (Å²) in [6.07, 6.45) is 1.16. The number of benzene rings is 1. The molecule has 0 saturated heterocycles. The van der Waals surface area contributed by atoms with Crippen molar-refractivity contribution < 1.29 is 4.74 Å².